The van der Waals surface area contributed by atoms with Gasteiger partial charge in [0.1, 0.15) is 5.69 Å². The van der Waals surface area contributed by atoms with Gasteiger partial charge in [0.15, 0.2) is 0 Å². The van der Waals surface area contributed by atoms with Gasteiger partial charge in [0, 0.05) is 19.8 Å². The Morgan fingerprint density at radius 2 is 2.44 bits per heavy atom. The van der Waals surface area contributed by atoms with Crippen LogP contribution >= 0.6 is 0 Å². The topological polar surface area (TPSA) is 56.1 Å². The summed E-state index contributed by atoms with van der Waals surface area (Å²) in [5.41, 5.74) is 1.51. The highest BCUT2D eigenvalue weighted by Gasteiger charge is 2.08. The van der Waals surface area contributed by atoms with Crippen molar-refractivity contribution in [2.45, 2.75) is 6.92 Å². The molecule has 0 aliphatic heterocycles. The highest BCUT2D eigenvalue weighted by atomic mass is 16.5. The summed E-state index contributed by atoms with van der Waals surface area (Å²) in [7, 11) is 1.73. The van der Waals surface area contributed by atoms with Crippen molar-refractivity contribution in [3.8, 4) is 0 Å². The molecule has 0 aromatic carbocycles. The molecule has 0 saturated carbocycles. The molecule has 1 amide bonds. The molecule has 0 aliphatic rings. The minimum Gasteiger partial charge on any atom is -0.375 e. The molecule has 88 valence electrons. The molecule has 1 N–H and O–H groups in total. The molecule has 5 nitrogen and oxygen atoms in total. The van der Waals surface area contributed by atoms with Crippen LogP contribution in [0.3, 0.4) is 0 Å². The number of carbonyl (C=O) groups excluding carboxylic acids is 1. The van der Waals surface area contributed by atoms with Gasteiger partial charge in [0.25, 0.3) is 5.91 Å². The minimum absolute atomic E-state index is 0.140. The van der Waals surface area contributed by atoms with Gasteiger partial charge in [-0.2, -0.15) is 5.10 Å². The third-order valence-electron chi connectivity index (χ3n) is 1.93. The fourth-order valence-electron chi connectivity index (χ4n) is 1.17. The molecule has 0 aliphatic carbocycles. The minimum atomic E-state index is -0.140. The molecule has 1 aromatic rings. The summed E-state index contributed by atoms with van der Waals surface area (Å²) >= 11 is 0. The molecule has 5 heteroatoms. The standard InChI is InChI=1S/C11H17N3O2/c1-9(2)8-16-7-6-12-11(15)10-4-5-13-14(10)3/h4-5H,1,6-8H2,2-3H3,(H,12,15). The Hall–Kier alpha value is -1.62. The first kappa shape index (κ1) is 12.4. The summed E-state index contributed by atoms with van der Waals surface area (Å²) in [4.78, 5) is 11.6. The Balaban J connectivity index is 2.21. The van der Waals surface area contributed by atoms with Crippen LogP contribution in [0.25, 0.3) is 0 Å². The molecule has 0 radical (unpaired) electrons. The molecule has 0 bridgehead atoms. The van der Waals surface area contributed by atoms with Gasteiger partial charge < -0.3 is 10.1 Å². The van der Waals surface area contributed by atoms with Gasteiger partial charge in [-0.3, -0.25) is 9.48 Å². The van der Waals surface area contributed by atoms with Gasteiger partial charge >= 0.3 is 0 Å². The summed E-state index contributed by atoms with van der Waals surface area (Å²) in [5.74, 6) is -0.140. The molecule has 1 heterocycles. The zero-order valence-electron chi connectivity index (χ0n) is 9.69. The van der Waals surface area contributed by atoms with Crippen molar-refractivity contribution >= 4 is 5.91 Å². The lowest BCUT2D eigenvalue weighted by Gasteiger charge is -2.06. The normalized spacial score (nSPS) is 10.1. The second-order valence-electron chi connectivity index (χ2n) is 3.61. The van der Waals surface area contributed by atoms with Crippen LogP contribution in [0, 0.1) is 0 Å². The average Bonchev–Trinajstić information content (AvgIpc) is 2.63. The Bertz CT molecular complexity index is 371. The molecule has 0 saturated heterocycles. The maximum absolute atomic E-state index is 11.6. The van der Waals surface area contributed by atoms with Crippen LogP contribution in [-0.2, 0) is 11.8 Å². The van der Waals surface area contributed by atoms with E-state index in [-0.39, 0.29) is 5.91 Å². The third-order valence-corrected chi connectivity index (χ3v) is 1.93. The molecule has 1 rings (SSSR count). The van der Waals surface area contributed by atoms with Crippen LogP contribution in [-0.4, -0.2) is 35.4 Å². The summed E-state index contributed by atoms with van der Waals surface area (Å²) in [5, 5.41) is 6.66. The number of nitrogens with one attached hydrogen (secondary N) is 1. The van der Waals surface area contributed by atoms with Gasteiger partial charge in [0.05, 0.1) is 13.2 Å². The first-order chi connectivity index (χ1) is 7.61. The number of aryl methyl sites for hydroxylation is 1. The first-order valence-electron chi connectivity index (χ1n) is 5.09. The van der Waals surface area contributed by atoms with Crippen LogP contribution in [0.4, 0.5) is 0 Å². The summed E-state index contributed by atoms with van der Waals surface area (Å²) in [6.45, 7) is 7.11. The van der Waals surface area contributed by atoms with E-state index in [1.165, 1.54) is 4.68 Å². The number of nitrogens with zero attached hydrogens (tertiary/aromatic N) is 2. The van der Waals surface area contributed by atoms with Gasteiger partial charge in [-0.15, -0.1) is 0 Å². The molecule has 1 aromatic heterocycles. The van der Waals surface area contributed by atoms with E-state index >= 15 is 0 Å². The van der Waals surface area contributed by atoms with Crippen molar-refractivity contribution in [3.63, 3.8) is 0 Å². The van der Waals surface area contributed by atoms with E-state index < -0.39 is 0 Å². The predicted molar refractivity (Wildman–Crippen MR) is 61.2 cm³/mol. The number of amides is 1. The molecule has 0 fully saturated rings. The monoisotopic (exact) mass is 223 g/mol. The number of ether oxygens (including phenoxy) is 1. The number of hydrogen-bond donors (Lipinski definition) is 1. The van der Waals surface area contributed by atoms with Crippen molar-refractivity contribution in [2.24, 2.45) is 7.05 Å². The predicted octanol–water partition coefficient (Wildman–Crippen LogP) is 0.743. The summed E-state index contributed by atoms with van der Waals surface area (Å²) < 4.78 is 6.79. The largest absolute Gasteiger partial charge is 0.375 e. The van der Waals surface area contributed by atoms with Gasteiger partial charge in [-0.05, 0) is 13.0 Å². The Kier molecular flexibility index (Phi) is 4.72. The van der Waals surface area contributed by atoms with Crippen molar-refractivity contribution in [1.29, 1.82) is 0 Å². The van der Waals surface area contributed by atoms with Crippen LogP contribution in [0.2, 0.25) is 0 Å². The Morgan fingerprint density at radius 3 is 3.00 bits per heavy atom. The van der Waals surface area contributed by atoms with Crippen LogP contribution in [0.15, 0.2) is 24.4 Å². The quantitative estimate of drug-likeness (QED) is 0.571. The molecule has 16 heavy (non-hydrogen) atoms. The second kappa shape index (κ2) is 6.07. The average molecular weight is 223 g/mol. The SMILES string of the molecule is C=C(C)COCCNC(=O)c1ccnn1C. The first-order valence-corrected chi connectivity index (χ1v) is 5.09. The molecule has 0 unspecified atom stereocenters. The van der Waals surface area contributed by atoms with Gasteiger partial charge in [-0.25, -0.2) is 0 Å². The van der Waals surface area contributed by atoms with Gasteiger partial charge in [-0.1, -0.05) is 12.2 Å². The van der Waals surface area contributed by atoms with E-state index in [1.807, 2.05) is 6.92 Å². The smallest absolute Gasteiger partial charge is 0.269 e. The third kappa shape index (κ3) is 3.86. The summed E-state index contributed by atoms with van der Waals surface area (Å²) in [6.07, 6.45) is 1.59. The van der Waals surface area contributed by atoms with E-state index in [0.717, 1.165) is 5.57 Å². The number of hydrogen-bond acceptors (Lipinski definition) is 3. The van der Waals surface area contributed by atoms with E-state index in [4.69, 9.17) is 4.74 Å². The van der Waals surface area contributed by atoms with Crippen molar-refractivity contribution < 1.29 is 9.53 Å². The zero-order valence-corrected chi connectivity index (χ0v) is 9.69. The number of rotatable bonds is 6. The number of aromatic nitrogens is 2. The van der Waals surface area contributed by atoms with E-state index in [0.29, 0.717) is 25.5 Å². The second-order valence-corrected chi connectivity index (χ2v) is 3.61. The van der Waals surface area contributed by atoms with E-state index in [1.54, 1.807) is 19.3 Å². The highest BCUT2D eigenvalue weighted by Crippen LogP contribution is 1.95. The van der Waals surface area contributed by atoms with Crippen molar-refractivity contribution in [2.75, 3.05) is 19.8 Å². The zero-order chi connectivity index (χ0) is 12.0. The van der Waals surface area contributed by atoms with Crippen molar-refractivity contribution in [3.05, 3.63) is 30.1 Å². The van der Waals surface area contributed by atoms with Gasteiger partial charge in [0.2, 0.25) is 0 Å². The number of carbonyl (C=O) groups is 1. The fraction of sp³-hybridized carbons (Fsp3) is 0.455. The molecular weight excluding hydrogens is 206 g/mol. The van der Waals surface area contributed by atoms with Crippen LogP contribution < -0.4 is 5.32 Å². The molecule has 0 spiro atoms. The highest BCUT2D eigenvalue weighted by molar-refractivity contribution is 5.92. The Labute approximate surface area is 95.1 Å². The Morgan fingerprint density at radius 1 is 1.69 bits per heavy atom. The summed E-state index contributed by atoms with van der Waals surface area (Å²) in [6, 6.07) is 1.67. The van der Waals surface area contributed by atoms with Crippen LogP contribution in [0.1, 0.15) is 17.4 Å². The maximum Gasteiger partial charge on any atom is 0.269 e. The van der Waals surface area contributed by atoms with Crippen molar-refractivity contribution in [1.82, 2.24) is 15.1 Å². The van der Waals surface area contributed by atoms with E-state index in [2.05, 4.69) is 17.0 Å². The lowest BCUT2D eigenvalue weighted by atomic mass is 10.4. The lowest BCUT2D eigenvalue weighted by molar-refractivity contribution is 0.0917. The molecular formula is C11H17N3O2. The molecule has 0 atom stereocenters. The lowest BCUT2D eigenvalue weighted by Crippen LogP contribution is -2.29. The van der Waals surface area contributed by atoms with Crippen LogP contribution in [0.5, 0.6) is 0 Å². The fourth-order valence-corrected chi connectivity index (χ4v) is 1.17. The van der Waals surface area contributed by atoms with E-state index in [9.17, 15) is 4.79 Å². The maximum atomic E-state index is 11.6.